The molecule has 1 nitrogen and oxygen atoms in total. The first-order chi connectivity index (χ1) is 8.88. The van der Waals surface area contributed by atoms with Crippen LogP contribution >= 0.6 is 11.8 Å². The summed E-state index contributed by atoms with van der Waals surface area (Å²) in [5.41, 5.74) is 3.15. The summed E-state index contributed by atoms with van der Waals surface area (Å²) in [5.74, 6) is 2.03. The molecule has 0 bridgehead atoms. The summed E-state index contributed by atoms with van der Waals surface area (Å²) in [7, 11) is 0. The van der Waals surface area contributed by atoms with Crippen LogP contribution in [0.15, 0.2) is 24.3 Å². The van der Waals surface area contributed by atoms with Crippen LogP contribution in [0.5, 0.6) is 0 Å². The van der Waals surface area contributed by atoms with Crippen LogP contribution in [0.25, 0.3) is 0 Å². The molecular weight excluding hydrogens is 238 g/mol. The molecule has 3 atom stereocenters. The third-order valence-corrected chi connectivity index (χ3v) is 5.75. The molecule has 0 saturated heterocycles. The molecular formula is C16H23NS. The van der Waals surface area contributed by atoms with Gasteiger partial charge in [-0.1, -0.05) is 37.6 Å². The van der Waals surface area contributed by atoms with Crippen molar-refractivity contribution in [1.29, 1.82) is 0 Å². The minimum absolute atomic E-state index is 0.766. The van der Waals surface area contributed by atoms with E-state index >= 15 is 0 Å². The summed E-state index contributed by atoms with van der Waals surface area (Å²) < 4.78 is 0. The van der Waals surface area contributed by atoms with Gasteiger partial charge in [-0.15, -0.1) is 0 Å². The molecule has 1 saturated carbocycles. The van der Waals surface area contributed by atoms with E-state index in [0.717, 1.165) is 17.2 Å². The van der Waals surface area contributed by atoms with Gasteiger partial charge in [-0.25, -0.2) is 0 Å². The van der Waals surface area contributed by atoms with Crippen molar-refractivity contribution in [3.8, 4) is 0 Å². The van der Waals surface area contributed by atoms with Gasteiger partial charge in [-0.05, 0) is 36.1 Å². The van der Waals surface area contributed by atoms with Gasteiger partial charge in [0.05, 0.1) is 0 Å². The Labute approximate surface area is 115 Å². The zero-order chi connectivity index (χ0) is 12.4. The van der Waals surface area contributed by atoms with Crippen molar-refractivity contribution >= 4 is 11.8 Å². The summed E-state index contributed by atoms with van der Waals surface area (Å²) in [5, 5.41) is 4.70. The standard InChI is InChI=1S/C16H23NS/c1-2-18-16-9-5-8-15(16)17-11-13-10-12-6-3-4-7-14(12)13/h3-4,6-7,13,15-17H,2,5,8-11H2,1H3. The molecule has 2 heteroatoms. The second-order valence-electron chi connectivity index (χ2n) is 5.54. The monoisotopic (exact) mass is 261 g/mol. The maximum absolute atomic E-state index is 3.84. The summed E-state index contributed by atoms with van der Waals surface area (Å²) >= 11 is 2.15. The Morgan fingerprint density at radius 2 is 2.17 bits per heavy atom. The van der Waals surface area contributed by atoms with E-state index in [2.05, 4.69) is 48.3 Å². The highest BCUT2D eigenvalue weighted by Crippen LogP contribution is 2.35. The topological polar surface area (TPSA) is 12.0 Å². The third-order valence-electron chi connectivity index (χ3n) is 4.42. The second kappa shape index (κ2) is 5.66. The van der Waals surface area contributed by atoms with Crippen molar-refractivity contribution in [1.82, 2.24) is 5.32 Å². The van der Waals surface area contributed by atoms with Crippen LogP contribution in [0, 0.1) is 0 Å². The Morgan fingerprint density at radius 1 is 1.28 bits per heavy atom. The fraction of sp³-hybridized carbons (Fsp3) is 0.625. The average Bonchev–Trinajstić information content (AvgIpc) is 2.79. The highest BCUT2D eigenvalue weighted by atomic mass is 32.2. The van der Waals surface area contributed by atoms with Crippen LogP contribution in [0.4, 0.5) is 0 Å². The van der Waals surface area contributed by atoms with E-state index in [1.54, 1.807) is 11.1 Å². The van der Waals surface area contributed by atoms with Crippen molar-refractivity contribution < 1.29 is 0 Å². The van der Waals surface area contributed by atoms with Gasteiger partial charge in [0.25, 0.3) is 0 Å². The molecule has 0 spiro atoms. The predicted molar refractivity (Wildman–Crippen MR) is 80.4 cm³/mol. The second-order valence-corrected chi connectivity index (χ2v) is 7.06. The van der Waals surface area contributed by atoms with Gasteiger partial charge in [-0.3, -0.25) is 0 Å². The van der Waals surface area contributed by atoms with Crippen molar-refractivity contribution in [2.45, 2.75) is 49.8 Å². The number of hydrogen-bond donors (Lipinski definition) is 1. The maximum Gasteiger partial charge on any atom is 0.0201 e. The minimum Gasteiger partial charge on any atom is -0.312 e. The molecule has 3 unspecified atom stereocenters. The zero-order valence-electron chi connectivity index (χ0n) is 11.2. The molecule has 2 aliphatic rings. The van der Waals surface area contributed by atoms with Crippen LogP contribution in [0.3, 0.4) is 0 Å². The molecule has 0 amide bonds. The SMILES string of the molecule is CCSC1CCCC1NCC1Cc2ccccc21. The lowest BCUT2D eigenvalue weighted by Crippen LogP contribution is -2.39. The van der Waals surface area contributed by atoms with E-state index in [-0.39, 0.29) is 0 Å². The van der Waals surface area contributed by atoms with Crippen LogP contribution in [-0.4, -0.2) is 23.6 Å². The van der Waals surface area contributed by atoms with Crippen LogP contribution in [0.2, 0.25) is 0 Å². The predicted octanol–water partition coefficient (Wildman–Crippen LogP) is 3.59. The molecule has 3 rings (SSSR count). The smallest absolute Gasteiger partial charge is 0.0201 e. The zero-order valence-corrected chi connectivity index (χ0v) is 12.0. The number of benzene rings is 1. The van der Waals surface area contributed by atoms with Crippen molar-refractivity contribution in [3.63, 3.8) is 0 Å². The normalized spacial score (nSPS) is 29.9. The molecule has 1 aromatic carbocycles. The molecule has 0 aromatic heterocycles. The van der Waals surface area contributed by atoms with Gasteiger partial charge < -0.3 is 5.32 Å². The molecule has 1 N–H and O–H groups in total. The third kappa shape index (κ3) is 2.46. The molecule has 0 heterocycles. The molecule has 2 aliphatic carbocycles. The largest absolute Gasteiger partial charge is 0.312 e. The van der Waals surface area contributed by atoms with Gasteiger partial charge >= 0.3 is 0 Å². The number of hydrogen-bond acceptors (Lipinski definition) is 2. The van der Waals surface area contributed by atoms with E-state index in [0.29, 0.717) is 0 Å². The first kappa shape index (κ1) is 12.6. The molecule has 0 radical (unpaired) electrons. The van der Waals surface area contributed by atoms with Gasteiger partial charge in [0.1, 0.15) is 0 Å². The Bertz CT molecular complexity index is 404. The lowest BCUT2D eigenvalue weighted by molar-refractivity contribution is 0.469. The number of rotatable bonds is 5. The summed E-state index contributed by atoms with van der Waals surface area (Å²) in [6.07, 6.45) is 5.49. The Kier molecular flexibility index (Phi) is 3.95. The quantitative estimate of drug-likeness (QED) is 0.869. The van der Waals surface area contributed by atoms with Crippen molar-refractivity contribution in [3.05, 3.63) is 35.4 Å². The highest BCUT2D eigenvalue weighted by molar-refractivity contribution is 7.99. The summed E-state index contributed by atoms with van der Waals surface area (Å²) in [4.78, 5) is 0. The molecule has 1 aromatic rings. The van der Waals surface area contributed by atoms with Gasteiger partial charge in [0, 0.05) is 23.8 Å². The Balaban J connectivity index is 1.51. The molecule has 98 valence electrons. The van der Waals surface area contributed by atoms with E-state index in [9.17, 15) is 0 Å². The summed E-state index contributed by atoms with van der Waals surface area (Å²) in [6.45, 7) is 3.46. The average molecular weight is 261 g/mol. The van der Waals surface area contributed by atoms with Gasteiger partial charge in [0.15, 0.2) is 0 Å². The van der Waals surface area contributed by atoms with Crippen LogP contribution in [-0.2, 0) is 6.42 Å². The van der Waals surface area contributed by atoms with Crippen LogP contribution < -0.4 is 5.32 Å². The Morgan fingerprint density at radius 3 is 3.00 bits per heavy atom. The van der Waals surface area contributed by atoms with Crippen molar-refractivity contribution in [2.24, 2.45) is 0 Å². The molecule has 18 heavy (non-hydrogen) atoms. The van der Waals surface area contributed by atoms with Crippen LogP contribution in [0.1, 0.15) is 43.2 Å². The van der Waals surface area contributed by atoms with E-state index < -0.39 is 0 Å². The lowest BCUT2D eigenvalue weighted by Gasteiger charge is -2.32. The number of nitrogens with one attached hydrogen (secondary N) is 1. The van der Waals surface area contributed by atoms with E-state index in [1.165, 1.54) is 38.0 Å². The molecule has 1 fully saturated rings. The fourth-order valence-electron chi connectivity index (χ4n) is 3.41. The van der Waals surface area contributed by atoms with E-state index in [1.807, 2.05) is 0 Å². The first-order valence-electron chi connectivity index (χ1n) is 7.31. The first-order valence-corrected chi connectivity index (χ1v) is 8.36. The lowest BCUT2D eigenvalue weighted by atomic mass is 9.77. The number of thioether (sulfide) groups is 1. The summed E-state index contributed by atoms with van der Waals surface area (Å²) in [6, 6.07) is 9.68. The fourth-order valence-corrected chi connectivity index (χ4v) is 4.64. The van der Waals surface area contributed by atoms with E-state index in [4.69, 9.17) is 0 Å². The maximum atomic E-state index is 3.84. The highest BCUT2D eigenvalue weighted by Gasteiger charge is 2.30. The Hall–Kier alpha value is -0.470. The van der Waals surface area contributed by atoms with Gasteiger partial charge in [0.2, 0.25) is 0 Å². The van der Waals surface area contributed by atoms with Gasteiger partial charge in [-0.2, -0.15) is 11.8 Å². The number of fused-ring (bicyclic) bond motifs is 1. The molecule has 0 aliphatic heterocycles. The van der Waals surface area contributed by atoms with Crippen molar-refractivity contribution in [2.75, 3.05) is 12.3 Å². The minimum atomic E-state index is 0.766.